The van der Waals surface area contributed by atoms with Gasteiger partial charge in [-0.25, -0.2) is 0 Å². The summed E-state index contributed by atoms with van der Waals surface area (Å²) < 4.78 is 7.19. The molecule has 130 valence electrons. The van der Waals surface area contributed by atoms with Crippen LogP contribution in [0.4, 0.5) is 0 Å². The molecule has 3 heterocycles. The zero-order chi connectivity index (χ0) is 16.9. The van der Waals surface area contributed by atoms with Gasteiger partial charge in [0.25, 0.3) is 0 Å². The summed E-state index contributed by atoms with van der Waals surface area (Å²) in [5.41, 5.74) is 3.13. The molecule has 2 aromatic rings. The van der Waals surface area contributed by atoms with Gasteiger partial charge in [-0.1, -0.05) is 0 Å². The molecule has 0 aliphatic carbocycles. The standard InChI is InChI=1S/C18H27N5O/c1-14(2)23-13-16(11-21-23)18-17(19-6-7-20-18)15-5-4-8-22(12-15)9-10-24-3/h6-7,11,13-15H,4-5,8-10,12H2,1-3H3/t15-/m1/s1. The average molecular weight is 329 g/mol. The Labute approximate surface area is 143 Å². The van der Waals surface area contributed by atoms with Gasteiger partial charge in [-0.05, 0) is 33.2 Å². The van der Waals surface area contributed by atoms with Gasteiger partial charge in [-0.15, -0.1) is 0 Å². The second-order valence-corrected chi connectivity index (χ2v) is 6.73. The number of methoxy groups -OCH3 is 1. The average Bonchev–Trinajstić information content (AvgIpc) is 3.10. The molecule has 24 heavy (non-hydrogen) atoms. The van der Waals surface area contributed by atoms with Crippen LogP contribution in [-0.4, -0.2) is 58.0 Å². The fourth-order valence-corrected chi connectivity index (χ4v) is 3.31. The minimum Gasteiger partial charge on any atom is -0.383 e. The van der Waals surface area contributed by atoms with Gasteiger partial charge in [0.1, 0.15) is 0 Å². The zero-order valence-corrected chi connectivity index (χ0v) is 14.9. The van der Waals surface area contributed by atoms with Crippen LogP contribution in [0, 0.1) is 0 Å². The summed E-state index contributed by atoms with van der Waals surface area (Å²) >= 11 is 0. The van der Waals surface area contributed by atoms with Crippen molar-refractivity contribution in [3.05, 3.63) is 30.5 Å². The SMILES string of the molecule is COCCN1CCC[C@@H](c2nccnc2-c2cnn(C(C)C)c2)C1. The van der Waals surface area contributed by atoms with Crippen molar-refractivity contribution in [3.8, 4) is 11.3 Å². The van der Waals surface area contributed by atoms with Gasteiger partial charge in [0.05, 0.1) is 24.2 Å². The van der Waals surface area contributed by atoms with Gasteiger partial charge in [-0.2, -0.15) is 5.10 Å². The van der Waals surface area contributed by atoms with E-state index in [1.807, 2.05) is 10.9 Å². The van der Waals surface area contributed by atoms with E-state index in [0.29, 0.717) is 12.0 Å². The monoisotopic (exact) mass is 329 g/mol. The third-order valence-corrected chi connectivity index (χ3v) is 4.63. The summed E-state index contributed by atoms with van der Waals surface area (Å²) in [5.74, 6) is 0.418. The molecule has 1 aliphatic rings. The second-order valence-electron chi connectivity index (χ2n) is 6.73. The van der Waals surface area contributed by atoms with Crippen LogP contribution >= 0.6 is 0 Å². The minimum absolute atomic E-state index is 0.345. The fourth-order valence-electron chi connectivity index (χ4n) is 3.31. The van der Waals surface area contributed by atoms with Gasteiger partial charge in [0.2, 0.25) is 0 Å². The van der Waals surface area contributed by atoms with E-state index in [2.05, 4.69) is 35.0 Å². The van der Waals surface area contributed by atoms with E-state index >= 15 is 0 Å². The van der Waals surface area contributed by atoms with E-state index in [1.54, 1.807) is 19.5 Å². The van der Waals surface area contributed by atoms with Crippen molar-refractivity contribution in [3.63, 3.8) is 0 Å². The first-order valence-electron chi connectivity index (χ1n) is 8.75. The molecule has 1 aliphatic heterocycles. The van der Waals surface area contributed by atoms with Crippen LogP contribution in [0.1, 0.15) is 44.3 Å². The summed E-state index contributed by atoms with van der Waals surface area (Å²) in [6.45, 7) is 8.18. The first kappa shape index (κ1) is 17.0. The van der Waals surface area contributed by atoms with Crippen molar-refractivity contribution in [1.29, 1.82) is 0 Å². The first-order chi connectivity index (χ1) is 11.7. The van der Waals surface area contributed by atoms with Crippen molar-refractivity contribution < 1.29 is 4.74 Å². The van der Waals surface area contributed by atoms with Crippen molar-refractivity contribution in [1.82, 2.24) is 24.6 Å². The number of aromatic nitrogens is 4. The number of piperidine rings is 1. The molecule has 1 saturated heterocycles. The normalized spacial score (nSPS) is 19.1. The highest BCUT2D eigenvalue weighted by Crippen LogP contribution is 2.31. The molecule has 3 rings (SSSR count). The Hall–Kier alpha value is -1.79. The smallest absolute Gasteiger partial charge is 0.0952 e. The number of likely N-dealkylation sites (tertiary alicyclic amines) is 1. The van der Waals surface area contributed by atoms with E-state index < -0.39 is 0 Å². The maximum Gasteiger partial charge on any atom is 0.0952 e. The van der Waals surface area contributed by atoms with Crippen LogP contribution in [0.25, 0.3) is 11.3 Å². The van der Waals surface area contributed by atoms with Crippen LogP contribution < -0.4 is 0 Å². The van der Waals surface area contributed by atoms with Crippen molar-refractivity contribution in [2.45, 2.75) is 38.6 Å². The summed E-state index contributed by atoms with van der Waals surface area (Å²) in [6, 6.07) is 0.345. The summed E-state index contributed by atoms with van der Waals surface area (Å²) in [4.78, 5) is 11.8. The van der Waals surface area contributed by atoms with E-state index in [9.17, 15) is 0 Å². The number of hydrogen-bond donors (Lipinski definition) is 0. The predicted molar refractivity (Wildman–Crippen MR) is 93.9 cm³/mol. The highest BCUT2D eigenvalue weighted by molar-refractivity contribution is 5.60. The third kappa shape index (κ3) is 3.82. The van der Waals surface area contributed by atoms with Crippen molar-refractivity contribution in [2.24, 2.45) is 0 Å². The van der Waals surface area contributed by atoms with Crippen molar-refractivity contribution >= 4 is 0 Å². The number of rotatable bonds is 6. The Morgan fingerprint density at radius 1 is 1.29 bits per heavy atom. The topological polar surface area (TPSA) is 56.1 Å². The molecule has 0 radical (unpaired) electrons. The molecule has 1 atom stereocenters. The lowest BCUT2D eigenvalue weighted by Crippen LogP contribution is -2.37. The highest BCUT2D eigenvalue weighted by Gasteiger charge is 2.25. The van der Waals surface area contributed by atoms with Gasteiger partial charge in [0.15, 0.2) is 0 Å². The lowest BCUT2D eigenvalue weighted by Gasteiger charge is -2.32. The van der Waals surface area contributed by atoms with E-state index in [4.69, 9.17) is 9.72 Å². The maximum atomic E-state index is 5.22. The molecule has 0 amide bonds. The minimum atomic E-state index is 0.345. The molecule has 6 nitrogen and oxygen atoms in total. The lowest BCUT2D eigenvalue weighted by atomic mass is 9.92. The summed E-state index contributed by atoms with van der Waals surface area (Å²) in [6.07, 6.45) is 9.91. The third-order valence-electron chi connectivity index (χ3n) is 4.63. The molecule has 0 unspecified atom stereocenters. The summed E-state index contributed by atoms with van der Waals surface area (Å²) in [5, 5.41) is 4.46. The Balaban J connectivity index is 1.83. The number of hydrogen-bond acceptors (Lipinski definition) is 5. The first-order valence-corrected chi connectivity index (χ1v) is 8.75. The molecular formula is C18H27N5O. The molecule has 0 aromatic carbocycles. The Morgan fingerprint density at radius 2 is 2.12 bits per heavy atom. The largest absolute Gasteiger partial charge is 0.383 e. The molecular weight excluding hydrogens is 302 g/mol. The van der Waals surface area contributed by atoms with Crippen LogP contribution in [0.3, 0.4) is 0 Å². The van der Waals surface area contributed by atoms with Gasteiger partial charge in [0, 0.05) is 56.3 Å². The maximum absolute atomic E-state index is 5.22. The van der Waals surface area contributed by atoms with E-state index in [1.165, 1.54) is 6.42 Å². The Morgan fingerprint density at radius 3 is 2.88 bits per heavy atom. The molecule has 0 saturated carbocycles. The fraction of sp³-hybridized carbons (Fsp3) is 0.611. The van der Waals surface area contributed by atoms with Crippen LogP contribution in [0.15, 0.2) is 24.8 Å². The van der Waals surface area contributed by atoms with E-state index in [-0.39, 0.29) is 0 Å². The van der Waals surface area contributed by atoms with Crippen LogP contribution in [-0.2, 0) is 4.74 Å². The highest BCUT2D eigenvalue weighted by atomic mass is 16.5. The number of ether oxygens (including phenoxy) is 1. The van der Waals surface area contributed by atoms with Gasteiger partial charge < -0.3 is 9.64 Å². The molecule has 2 aromatic heterocycles. The van der Waals surface area contributed by atoms with Crippen molar-refractivity contribution in [2.75, 3.05) is 33.4 Å². The molecule has 0 spiro atoms. The van der Waals surface area contributed by atoms with Crippen LogP contribution in [0.2, 0.25) is 0 Å². The van der Waals surface area contributed by atoms with Crippen LogP contribution in [0.5, 0.6) is 0 Å². The second kappa shape index (κ2) is 7.85. The Bertz CT molecular complexity index is 654. The summed E-state index contributed by atoms with van der Waals surface area (Å²) in [7, 11) is 1.76. The molecule has 0 N–H and O–H groups in total. The predicted octanol–water partition coefficient (Wildman–Crippen LogP) is 2.75. The Kier molecular flexibility index (Phi) is 5.58. The molecule has 1 fully saturated rings. The number of nitrogens with zero attached hydrogens (tertiary/aromatic N) is 5. The van der Waals surface area contributed by atoms with Gasteiger partial charge in [-0.3, -0.25) is 14.6 Å². The quantitative estimate of drug-likeness (QED) is 0.815. The zero-order valence-electron chi connectivity index (χ0n) is 14.9. The lowest BCUT2D eigenvalue weighted by molar-refractivity contribution is 0.127. The van der Waals surface area contributed by atoms with E-state index in [0.717, 1.165) is 49.6 Å². The molecule has 0 bridgehead atoms. The molecule has 6 heteroatoms. The van der Waals surface area contributed by atoms with Gasteiger partial charge >= 0.3 is 0 Å².